The van der Waals surface area contributed by atoms with Crippen LogP contribution in [0.4, 0.5) is 0 Å². The van der Waals surface area contributed by atoms with Gasteiger partial charge < -0.3 is 30.0 Å². The summed E-state index contributed by atoms with van der Waals surface area (Å²) in [7, 11) is -4.64. The molecule has 1 aromatic heterocycles. The second-order valence-corrected chi connectivity index (χ2v) is 4.05. The van der Waals surface area contributed by atoms with Gasteiger partial charge in [0, 0.05) is 17.3 Å². The summed E-state index contributed by atoms with van der Waals surface area (Å²) in [6.07, 6.45) is 1.45. The van der Waals surface area contributed by atoms with Crippen LogP contribution < -0.4 is 0 Å². The van der Waals surface area contributed by atoms with Crippen LogP contribution in [0.3, 0.4) is 0 Å². The van der Waals surface area contributed by atoms with Gasteiger partial charge in [-0.3, -0.25) is 4.98 Å². The molecule has 1 aromatic rings. The Hall–Kier alpha value is 0.980. The molecule has 0 amide bonds. The molecule has 1 heterocycles. The van der Waals surface area contributed by atoms with Gasteiger partial charge in [-0.15, -0.1) is 0 Å². The zero-order valence-electron chi connectivity index (χ0n) is 8.98. The van der Waals surface area contributed by atoms with E-state index in [4.69, 9.17) is 29.5 Å². The molecule has 6 N–H and O–H groups in total. The molecule has 0 spiro atoms. The first kappa shape index (κ1) is 25.0. The van der Waals surface area contributed by atoms with Crippen molar-refractivity contribution in [1.82, 2.24) is 4.98 Å². The summed E-state index contributed by atoms with van der Waals surface area (Å²) in [6.45, 7) is 1.12. The molecular weight excluding hydrogens is 299 g/mol. The van der Waals surface area contributed by atoms with E-state index in [0.717, 1.165) is 0 Å². The van der Waals surface area contributed by atoms with Gasteiger partial charge in [-0.2, -0.15) is 0 Å². The Kier molecular flexibility index (Phi) is 15.3. The molecule has 0 fully saturated rings. The summed E-state index contributed by atoms with van der Waals surface area (Å²) in [6, 6.07) is 0. The third-order valence-electron chi connectivity index (χ3n) is 1.76. The van der Waals surface area contributed by atoms with Gasteiger partial charge in [0.1, 0.15) is 5.75 Å². The summed E-state index contributed by atoms with van der Waals surface area (Å²) in [5.41, 5.74) is 1.27. The average Bonchev–Trinajstić information content (AvgIpc) is 2.19. The van der Waals surface area contributed by atoms with Gasteiger partial charge >= 0.3 is 66.9 Å². The maximum atomic E-state index is 9.38. The van der Waals surface area contributed by atoms with E-state index in [1.54, 1.807) is 6.92 Å². The van der Waals surface area contributed by atoms with Gasteiger partial charge in [0.05, 0.1) is 18.9 Å². The molecule has 102 valence electrons. The maximum absolute atomic E-state index is 9.38. The van der Waals surface area contributed by atoms with Crippen LogP contribution in [0.15, 0.2) is 6.20 Å². The fraction of sp³-hybridized carbons (Fsp3) is 0.375. The molecule has 0 aliphatic carbocycles. The fourth-order valence-corrected chi connectivity index (χ4v) is 0.997. The normalized spacial score (nSPS) is 9.58. The molecule has 0 bridgehead atoms. The SMILES string of the molecule is Cc1ncc(CO)c(CO)c1O.O=P(O)(O)O.[NaH].[NaH]. The molecule has 0 saturated carbocycles. The first-order valence-electron chi connectivity index (χ1n) is 4.37. The molecule has 0 unspecified atom stereocenters. The molecular formula is C8H16NNa2O7P. The standard InChI is InChI=1S/C8H11NO3.2Na.H3O4P.2H/c1-5-8(12)7(4-11)6(3-10)2-9-5;;;1-5(2,3)4;;/h2,10-12H,3-4H2,1H3;;;(H3,1,2,3,4);;. The van der Waals surface area contributed by atoms with Crippen molar-refractivity contribution in [2.24, 2.45) is 0 Å². The van der Waals surface area contributed by atoms with Crippen LogP contribution in [0.5, 0.6) is 5.75 Å². The number of aliphatic hydroxyl groups excluding tert-OH is 2. The monoisotopic (exact) mass is 315 g/mol. The van der Waals surface area contributed by atoms with E-state index in [1.165, 1.54) is 6.20 Å². The van der Waals surface area contributed by atoms with E-state index < -0.39 is 7.82 Å². The first-order valence-corrected chi connectivity index (χ1v) is 5.93. The van der Waals surface area contributed by atoms with E-state index in [2.05, 4.69) is 4.98 Å². The number of hydrogen-bond acceptors (Lipinski definition) is 5. The summed E-state index contributed by atoms with van der Waals surface area (Å²) in [5, 5.41) is 27.0. The zero-order chi connectivity index (χ0) is 13.6. The second-order valence-electron chi connectivity index (χ2n) is 3.03. The van der Waals surface area contributed by atoms with Crippen LogP contribution in [-0.2, 0) is 17.8 Å². The van der Waals surface area contributed by atoms with Gasteiger partial charge in [-0.05, 0) is 6.92 Å². The summed E-state index contributed by atoms with van der Waals surface area (Å²) >= 11 is 0. The summed E-state index contributed by atoms with van der Waals surface area (Å²) in [4.78, 5) is 25.4. The van der Waals surface area contributed by atoms with Crippen molar-refractivity contribution < 1.29 is 34.6 Å². The van der Waals surface area contributed by atoms with Crippen molar-refractivity contribution in [2.75, 3.05) is 0 Å². The molecule has 1 rings (SSSR count). The quantitative estimate of drug-likeness (QED) is 0.267. The number of pyridine rings is 1. The van der Waals surface area contributed by atoms with Crippen molar-refractivity contribution in [3.63, 3.8) is 0 Å². The van der Waals surface area contributed by atoms with Crippen LogP contribution >= 0.6 is 7.82 Å². The minimum absolute atomic E-state index is 0. The van der Waals surface area contributed by atoms with E-state index in [-0.39, 0.29) is 78.1 Å². The van der Waals surface area contributed by atoms with E-state index in [1.807, 2.05) is 0 Å². The summed E-state index contributed by atoms with van der Waals surface area (Å²) in [5.74, 6) is -0.0379. The van der Waals surface area contributed by atoms with Crippen LogP contribution in [0.25, 0.3) is 0 Å². The Morgan fingerprint density at radius 1 is 1.16 bits per heavy atom. The van der Waals surface area contributed by atoms with Crippen molar-refractivity contribution in [2.45, 2.75) is 20.1 Å². The third-order valence-corrected chi connectivity index (χ3v) is 1.76. The Bertz CT molecular complexity index is 418. The van der Waals surface area contributed by atoms with Gasteiger partial charge in [0.2, 0.25) is 0 Å². The number of aromatic hydroxyl groups is 1. The molecule has 11 heteroatoms. The number of aliphatic hydroxyl groups is 2. The number of nitrogens with zero attached hydrogens (tertiary/aromatic N) is 1. The molecule has 8 nitrogen and oxygen atoms in total. The Morgan fingerprint density at radius 3 is 1.89 bits per heavy atom. The number of phosphoric acid groups is 1. The van der Waals surface area contributed by atoms with Gasteiger partial charge in [-0.25, -0.2) is 4.57 Å². The number of rotatable bonds is 2. The minimum atomic E-state index is -4.64. The Balaban J connectivity index is -0.000000320. The number of aryl methyl sites for hydroxylation is 1. The van der Waals surface area contributed by atoms with Crippen LogP contribution in [-0.4, -0.2) is 94.1 Å². The van der Waals surface area contributed by atoms with Gasteiger partial charge in [-0.1, -0.05) is 0 Å². The number of aromatic nitrogens is 1. The third kappa shape index (κ3) is 11.3. The van der Waals surface area contributed by atoms with Crippen LogP contribution in [0, 0.1) is 6.92 Å². The van der Waals surface area contributed by atoms with Gasteiger partial charge in [0.25, 0.3) is 0 Å². The average molecular weight is 315 g/mol. The Morgan fingerprint density at radius 2 is 1.58 bits per heavy atom. The molecule has 0 saturated heterocycles. The van der Waals surface area contributed by atoms with E-state index >= 15 is 0 Å². The molecule has 0 radical (unpaired) electrons. The molecule has 0 aromatic carbocycles. The topological polar surface area (TPSA) is 151 Å². The first-order chi connectivity index (χ1) is 7.70. The Labute approximate surface area is 154 Å². The van der Waals surface area contributed by atoms with Crippen molar-refractivity contribution >= 4 is 66.9 Å². The predicted octanol–water partition coefficient (Wildman–Crippen LogP) is -2.15. The van der Waals surface area contributed by atoms with Crippen LogP contribution in [0.1, 0.15) is 16.8 Å². The van der Waals surface area contributed by atoms with Crippen LogP contribution in [0.2, 0.25) is 0 Å². The van der Waals surface area contributed by atoms with Gasteiger partial charge in [0.15, 0.2) is 0 Å². The zero-order valence-corrected chi connectivity index (χ0v) is 9.87. The van der Waals surface area contributed by atoms with E-state index in [0.29, 0.717) is 16.8 Å². The number of hydrogen-bond donors (Lipinski definition) is 6. The van der Waals surface area contributed by atoms with Crippen molar-refractivity contribution in [3.05, 3.63) is 23.0 Å². The predicted molar refractivity (Wildman–Crippen MR) is 71.0 cm³/mol. The van der Waals surface area contributed by atoms with Crippen molar-refractivity contribution in [1.29, 1.82) is 0 Å². The molecule has 19 heavy (non-hydrogen) atoms. The van der Waals surface area contributed by atoms with Crippen molar-refractivity contribution in [3.8, 4) is 5.75 Å². The summed E-state index contributed by atoms with van der Waals surface area (Å²) < 4.78 is 8.88. The molecule has 0 aliphatic heterocycles. The fourth-order valence-electron chi connectivity index (χ4n) is 0.997. The van der Waals surface area contributed by atoms with E-state index in [9.17, 15) is 5.11 Å². The molecule has 0 aliphatic rings. The molecule has 0 atom stereocenters. The second kappa shape index (κ2) is 11.6.